The lowest BCUT2D eigenvalue weighted by Gasteiger charge is -2.11. The van der Waals surface area contributed by atoms with Crippen LogP contribution in [0.4, 0.5) is 0 Å². The summed E-state index contributed by atoms with van der Waals surface area (Å²) in [6.45, 7) is 0. The highest BCUT2D eigenvalue weighted by molar-refractivity contribution is 7.12. The normalized spacial score (nSPS) is 10.1. The van der Waals surface area contributed by atoms with Gasteiger partial charge in [-0.2, -0.15) is 0 Å². The van der Waals surface area contributed by atoms with Crippen molar-refractivity contribution in [3.05, 3.63) is 70.4 Å². The van der Waals surface area contributed by atoms with E-state index < -0.39 is 5.91 Å². The van der Waals surface area contributed by atoms with E-state index >= 15 is 0 Å². The van der Waals surface area contributed by atoms with E-state index in [2.05, 4.69) is 10.9 Å². The number of methoxy groups -OCH3 is 2. The van der Waals surface area contributed by atoms with Crippen molar-refractivity contribution in [1.29, 1.82) is 0 Å². The molecule has 3 rings (SSSR count). The van der Waals surface area contributed by atoms with Crippen molar-refractivity contribution in [3.8, 4) is 22.6 Å². The fraction of sp³-hybridized carbons (Fsp3) is 0.100. The minimum absolute atomic E-state index is 0.336. The maximum absolute atomic E-state index is 12.5. The molecule has 2 aromatic carbocycles. The van der Waals surface area contributed by atoms with Crippen molar-refractivity contribution >= 4 is 23.2 Å². The lowest BCUT2D eigenvalue weighted by Crippen LogP contribution is -2.41. The molecule has 0 unspecified atom stereocenters. The Morgan fingerprint density at radius 1 is 0.852 bits per heavy atom. The highest BCUT2D eigenvalue weighted by atomic mass is 32.1. The van der Waals surface area contributed by atoms with Crippen LogP contribution >= 0.6 is 11.3 Å². The summed E-state index contributed by atoms with van der Waals surface area (Å²) in [4.78, 5) is 25.3. The van der Waals surface area contributed by atoms with E-state index in [0.717, 1.165) is 11.1 Å². The van der Waals surface area contributed by atoms with Crippen LogP contribution in [0.2, 0.25) is 0 Å². The molecule has 0 radical (unpaired) electrons. The monoisotopic (exact) mass is 382 g/mol. The summed E-state index contributed by atoms with van der Waals surface area (Å²) in [5.74, 6) is 0.116. The van der Waals surface area contributed by atoms with E-state index in [0.29, 0.717) is 21.9 Å². The van der Waals surface area contributed by atoms with Gasteiger partial charge in [0.25, 0.3) is 11.8 Å². The summed E-state index contributed by atoms with van der Waals surface area (Å²) < 4.78 is 10.3. The predicted molar refractivity (Wildman–Crippen MR) is 104 cm³/mol. The van der Waals surface area contributed by atoms with Crippen LogP contribution in [0.1, 0.15) is 20.0 Å². The third kappa shape index (κ3) is 4.09. The van der Waals surface area contributed by atoms with E-state index in [1.165, 1.54) is 25.6 Å². The number of benzene rings is 2. The molecule has 1 aromatic heterocycles. The molecule has 138 valence electrons. The SMILES string of the molecule is COc1ccc(C(=O)NNC(=O)c2sccc2-c2ccccc2)cc1OC. The lowest BCUT2D eigenvalue weighted by molar-refractivity contribution is 0.0849. The Hall–Kier alpha value is -3.32. The number of hydrogen-bond donors (Lipinski definition) is 2. The Labute approximate surface area is 160 Å². The van der Waals surface area contributed by atoms with Gasteiger partial charge in [-0.05, 0) is 35.2 Å². The van der Waals surface area contributed by atoms with Gasteiger partial charge >= 0.3 is 0 Å². The fourth-order valence-corrected chi connectivity index (χ4v) is 3.36. The number of amides is 2. The first kappa shape index (κ1) is 18.5. The lowest BCUT2D eigenvalue weighted by atomic mass is 10.1. The summed E-state index contributed by atoms with van der Waals surface area (Å²) in [5.41, 5.74) is 6.98. The van der Waals surface area contributed by atoms with E-state index in [4.69, 9.17) is 9.47 Å². The van der Waals surface area contributed by atoms with E-state index in [1.54, 1.807) is 18.2 Å². The second kappa shape index (κ2) is 8.37. The molecule has 0 saturated carbocycles. The number of nitrogens with one attached hydrogen (secondary N) is 2. The van der Waals surface area contributed by atoms with Gasteiger partial charge in [0.2, 0.25) is 0 Å². The van der Waals surface area contributed by atoms with Gasteiger partial charge in [0.15, 0.2) is 11.5 Å². The van der Waals surface area contributed by atoms with E-state index in [1.807, 2.05) is 41.8 Å². The van der Waals surface area contributed by atoms with Gasteiger partial charge < -0.3 is 9.47 Å². The summed E-state index contributed by atoms with van der Waals surface area (Å²) in [7, 11) is 3.01. The number of rotatable bonds is 5. The predicted octanol–water partition coefficient (Wildman–Crippen LogP) is 3.51. The quantitative estimate of drug-likeness (QED) is 0.662. The molecule has 6 nitrogen and oxygen atoms in total. The summed E-state index contributed by atoms with van der Waals surface area (Å²) in [5, 5.41) is 1.84. The molecule has 0 aliphatic rings. The zero-order chi connectivity index (χ0) is 19.2. The molecule has 0 saturated heterocycles. The molecule has 0 atom stereocenters. The first-order valence-electron chi connectivity index (χ1n) is 8.09. The zero-order valence-corrected chi connectivity index (χ0v) is 15.6. The number of carbonyl (C=O) groups excluding carboxylic acids is 2. The molecule has 2 N–H and O–H groups in total. The Bertz CT molecular complexity index is 954. The van der Waals surface area contributed by atoms with Crippen LogP contribution in [0.5, 0.6) is 11.5 Å². The highest BCUT2D eigenvalue weighted by Crippen LogP contribution is 2.28. The largest absolute Gasteiger partial charge is 0.493 e. The highest BCUT2D eigenvalue weighted by Gasteiger charge is 2.16. The second-order valence-corrected chi connectivity index (χ2v) is 6.42. The number of hydrogen-bond acceptors (Lipinski definition) is 5. The number of thiophene rings is 1. The van der Waals surface area contributed by atoms with E-state index in [9.17, 15) is 9.59 Å². The average Bonchev–Trinajstić information content (AvgIpc) is 3.21. The van der Waals surface area contributed by atoms with Gasteiger partial charge in [0.05, 0.1) is 14.2 Å². The molecule has 7 heteroatoms. The summed E-state index contributed by atoms with van der Waals surface area (Å²) in [6.07, 6.45) is 0. The van der Waals surface area contributed by atoms with Crippen molar-refractivity contribution < 1.29 is 19.1 Å². The standard InChI is InChI=1S/C20H18N2O4S/c1-25-16-9-8-14(12-17(16)26-2)19(23)21-22-20(24)18-15(10-11-27-18)13-6-4-3-5-7-13/h3-12H,1-2H3,(H,21,23)(H,22,24). The Morgan fingerprint density at radius 3 is 2.26 bits per heavy atom. The molecule has 2 amide bonds. The van der Waals surface area contributed by atoms with Gasteiger partial charge in [-0.1, -0.05) is 30.3 Å². The summed E-state index contributed by atoms with van der Waals surface area (Å²) >= 11 is 1.31. The van der Waals surface area contributed by atoms with Gasteiger partial charge in [-0.3, -0.25) is 20.4 Å². The molecule has 0 aliphatic carbocycles. The first-order chi connectivity index (χ1) is 13.1. The Balaban J connectivity index is 1.70. The molecule has 3 aromatic rings. The van der Waals surface area contributed by atoms with Crippen LogP contribution in [0.15, 0.2) is 60.0 Å². The van der Waals surface area contributed by atoms with Crippen LogP contribution in [0.3, 0.4) is 0 Å². The van der Waals surface area contributed by atoms with Gasteiger partial charge in [-0.15, -0.1) is 11.3 Å². The van der Waals surface area contributed by atoms with Crippen molar-refractivity contribution in [2.75, 3.05) is 14.2 Å². The topological polar surface area (TPSA) is 76.7 Å². The number of ether oxygens (including phenoxy) is 2. The molecular weight excluding hydrogens is 364 g/mol. The van der Waals surface area contributed by atoms with Crippen molar-refractivity contribution in [3.63, 3.8) is 0 Å². The van der Waals surface area contributed by atoms with Gasteiger partial charge in [0.1, 0.15) is 4.88 Å². The zero-order valence-electron chi connectivity index (χ0n) is 14.8. The third-order valence-corrected chi connectivity index (χ3v) is 4.80. The average molecular weight is 382 g/mol. The fourth-order valence-electron chi connectivity index (χ4n) is 2.55. The van der Waals surface area contributed by atoms with Crippen LogP contribution in [0.25, 0.3) is 11.1 Å². The van der Waals surface area contributed by atoms with Gasteiger partial charge in [-0.25, -0.2) is 0 Å². The van der Waals surface area contributed by atoms with Crippen molar-refractivity contribution in [2.24, 2.45) is 0 Å². The maximum Gasteiger partial charge on any atom is 0.280 e. The van der Waals surface area contributed by atoms with Crippen molar-refractivity contribution in [2.45, 2.75) is 0 Å². The maximum atomic E-state index is 12.5. The van der Waals surface area contributed by atoms with Crippen LogP contribution in [-0.4, -0.2) is 26.0 Å². The Morgan fingerprint density at radius 2 is 1.56 bits per heavy atom. The smallest absolute Gasteiger partial charge is 0.280 e. The van der Waals surface area contributed by atoms with Gasteiger partial charge in [0, 0.05) is 11.1 Å². The summed E-state index contributed by atoms with van der Waals surface area (Å²) in [6, 6.07) is 16.2. The molecule has 27 heavy (non-hydrogen) atoms. The van der Waals surface area contributed by atoms with Crippen LogP contribution < -0.4 is 20.3 Å². The van der Waals surface area contributed by atoms with Crippen molar-refractivity contribution in [1.82, 2.24) is 10.9 Å². The third-order valence-electron chi connectivity index (χ3n) is 3.89. The molecule has 0 fully saturated rings. The molecule has 0 bridgehead atoms. The second-order valence-electron chi connectivity index (χ2n) is 5.51. The molecule has 0 aliphatic heterocycles. The first-order valence-corrected chi connectivity index (χ1v) is 8.97. The molecule has 1 heterocycles. The van der Waals surface area contributed by atoms with E-state index in [-0.39, 0.29) is 5.91 Å². The molecule has 0 spiro atoms. The van der Waals surface area contributed by atoms with Crippen LogP contribution in [0, 0.1) is 0 Å². The molecular formula is C20H18N2O4S. The number of carbonyl (C=O) groups is 2. The van der Waals surface area contributed by atoms with Crippen LogP contribution in [-0.2, 0) is 0 Å². The number of hydrazine groups is 1. The minimum Gasteiger partial charge on any atom is -0.493 e. The minimum atomic E-state index is -0.456. The Kier molecular flexibility index (Phi) is 5.73.